The second kappa shape index (κ2) is 5.30. The highest BCUT2D eigenvalue weighted by atomic mass is 35.5. The minimum atomic E-state index is -0.188. The normalized spacial score (nSPS) is 10.5. The van der Waals surface area contributed by atoms with E-state index in [1.54, 1.807) is 31.3 Å². The first-order chi connectivity index (χ1) is 8.20. The second-order valence-corrected chi connectivity index (χ2v) is 4.28. The van der Waals surface area contributed by atoms with Crippen LogP contribution >= 0.6 is 11.6 Å². The van der Waals surface area contributed by atoms with Gasteiger partial charge in [-0.25, -0.2) is 4.39 Å². The monoisotopic (exact) mass is 249 g/mol. The van der Waals surface area contributed by atoms with Gasteiger partial charge in [0, 0.05) is 17.1 Å². The summed E-state index contributed by atoms with van der Waals surface area (Å²) in [6.45, 7) is 0.534. The van der Waals surface area contributed by atoms with Crippen LogP contribution in [-0.4, -0.2) is 7.05 Å². The molecule has 0 aliphatic carbocycles. The lowest BCUT2D eigenvalue weighted by molar-refractivity contribution is 0.601. The van der Waals surface area contributed by atoms with Gasteiger partial charge in [-0.15, -0.1) is 0 Å². The van der Waals surface area contributed by atoms with Crippen molar-refractivity contribution in [1.82, 2.24) is 5.32 Å². The Morgan fingerprint density at radius 3 is 2.29 bits per heavy atom. The molecule has 1 N–H and O–H groups in total. The molecule has 0 aliphatic rings. The van der Waals surface area contributed by atoms with Crippen molar-refractivity contribution in [1.29, 1.82) is 0 Å². The van der Waals surface area contributed by atoms with Gasteiger partial charge in [-0.3, -0.25) is 0 Å². The third-order valence-corrected chi connectivity index (χ3v) is 2.85. The maximum absolute atomic E-state index is 13.7. The summed E-state index contributed by atoms with van der Waals surface area (Å²) in [5.74, 6) is -0.188. The molecule has 0 radical (unpaired) electrons. The van der Waals surface area contributed by atoms with Gasteiger partial charge in [-0.05, 0) is 36.4 Å². The molecular formula is C14H13ClFN. The molecule has 2 rings (SSSR count). The van der Waals surface area contributed by atoms with Gasteiger partial charge in [0.1, 0.15) is 5.82 Å². The summed E-state index contributed by atoms with van der Waals surface area (Å²) < 4.78 is 13.7. The molecule has 0 amide bonds. The van der Waals surface area contributed by atoms with Crippen LogP contribution in [0.1, 0.15) is 5.56 Å². The zero-order valence-electron chi connectivity index (χ0n) is 9.50. The summed E-state index contributed by atoms with van der Waals surface area (Å²) in [6.07, 6.45) is 0. The topological polar surface area (TPSA) is 12.0 Å². The van der Waals surface area contributed by atoms with E-state index in [4.69, 9.17) is 11.6 Å². The van der Waals surface area contributed by atoms with Crippen LogP contribution in [0.15, 0.2) is 42.5 Å². The Hall–Kier alpha value is -1.38. The molecule has 0 spiro atoms. The summed E-state index contributed by atoms with van der Waals surface area (Å²) >= 11 is 5.81. The van der Waals surface area contributed by atoms with Gasteiger partial charge in [0.25, 0.3) is 0 Å². The standard InChI is InChI=1S/C14H13ClFN/c1-17-9-12-3-2-11(8-14(12)16)10-4-6-13(15)7-5-10/h2-8,17H,9H2,1H3. The summed E-state index contributed by atoms with van der Waals surface area (Å²) in [6, 6.07) is 12.6. The predicted octanol–water partition coefficient (Wildman–Crippen LogP) is 3.87. The lowest BCUT2D eigenvalue weighted by atomic mass is 10.0. The van der Waals surface area contributed by atoms with E-state index in [0.29, 0.717) is 17.1 Å². The fraction of sp³-hybridized carbons (Fsp3) is 0.143. The van der Waals surface area contributed by atoms with E-state index < -0.39 is 0 Å². The Morgan fingerprint density at radius 2 is 1.71 bits per heavy atom. The summed E-state index contributed by atoms with van der Waals surface area (Å²) in [5.41, 5.74) is 2.49. The first kappa shape index (κ1) is 12.1. The van der Waals surface area contributed by atoms with Crippen molar-refractivity contribution >= 4 is 11.6 Å². The largest absolute Gasteiger partial charge is 0.316 e. The van der Waals surface area contributed by atoms with Crippen molar-refractivity contribution in [3.63, 3.8) is 0 Å². The average Bonchev–Trinajstić information content (AvgIpc) is 2.33. The second-order valence-electron chi connectivity index (χ2n) is 3.84. The Morgan fingerprint density at radius 1 is 1.06 bits per heavy atom. The van der Waals surface area contributed by atoms with Crippen LogP contribution in [0, 0.1) is 5.82 Å². The number of hydrogen-bond acceptors (Lipinski definition) is 1. The molecule has 0 unspecified atom stereocenters. The lowest BCUT2D eigenvalue weighted by Gasteiger charge is -2.06. The van der Waals surface area contributed by atoms with E-state index in [2.05, 4.69) is 5.32 Å². The highest BCUT2D eigenvalue weighted by Gasteiger charge is 2.04. The van der Waals surface area contributed by atoms with E-state index >= 15 is 0 Å². The minimum absolute atomic E-state index is 0.188. The molecule has 17 heavy (non-hydrogen) atoms. The molecule has 0 saturated heterocycles. The number of halogens is 2. The number of rotatable bonds is 3. The SMILES string of the molecule is CNCc1ccc(-c2ccc(Cl)cc2)cc1F. The van der Waals surface area contributed by atoms with Crippen LogP contribution in [0.25, 0.3) is 11.1 Å². The number of nitrogens with one attached hydrogen (secondary N) is 1. The maximum Gasteiger partial charge on any atom is 0.128 e. The van der Waals surface area contributed by atoms with E-state index in [1.807, 2.05) is 18.2 Å². The van der Waals surface area contributed by atoms with E-state index in [1.165, 1.54) is 0 Å². The van der Waals surface area contributed by atoms with Crippen molar-refractivity contribution in [2.24, 2.45) is 0 Å². The minimum Gasteiger partial charge on any atom is -0.316 e. The predicted molar refractivity (Wildman–Crippen MR) is 69.6 cm³/mol. The molecule has 2 aromatic carbocycles. The van der Waals surface area contributed by atoms with Crippen LogP contribution in [-0.2, 0) is 6.54 Å². The zero-order chi connectivity index (χ0) is 12.3. The summed E-state index contributed by atoms with van der Waals surface area (Å²) in [7, 11) is 1.80. The van der Waals surface area contributed by atoms with Gasteiger partial charge in [-0.1, -0.05) is 35.9 Å². The highest BCUT2D eigenvalue weighted by Crippen LogP contribution is 2.23. The average molecular weight is 250 g/mol. The van der Waals surface area contributed by atoms with Crippen LogP contribution in [0.4, 0.5) is 4.39 Å². The number of benzene rings is 2. The molecule has 0 fully saturated rings. The smallest absolute Gasteiger partial charge is 0.128 e. The molecule has 3 heteroatoms. The Kier molecular flexibility index (Phi) is 3.77. The van der Waals surface area contributed by atoms with Gasteiger partial charge < -0.3 is 5.32 Å². The zero-order valence-corrected chi connectivity index (χ0v) is 10.3. The van der Waals surface area contributed by atoms with Crippen molar-refractivity contribution in [3.8, 4) is 11.1 Å². The van der Waals surface area contributed by atoms with Crippen molar-refractivity contribution in [2.75, 3.05) is 7.05 Å². The van der Waals surface area contributed by atoms with Crippen LogP contribution < -0.4 is 5.32 Å². The molecule has 1 nitrogen and oxygen atoms in total. The fourth-order valence-corrected chi connectivity index (χ4v) is 1.83. The number of hydrogen-bond donors (Lipinski definition) is 1. The highest BCUT2D eigenvalue weighted by molar-refractivity contribution is 6.30. The third kappa shape index (κ3) is 2.84. The maximum atomic E-state index is 13.7. The summed E-state index contributed by atoms with van der Waals surface area (Å²) in [4.78, 5) is 0. The van der Waals surface area contributed by atoms with Gasteiger partial charge in [0.05, 0.1) is 0 Å². The van der Waals surface area contributed by atoms with Crippen LogP contribution in [0.3, 0.4) is 0 Å². The van der Waals surface area contributed by atoms with Crippen molar-refractivity contribution in [3.05, 3.63) is 58.9 Å². The van der Waals surface area contributed by atoms with Gasteiger partial charge in [0.15, 0.2) is 0 Å². The van der Waals surface area contributed by atoms with Crippen LogP contribution in [0.5, 0.6) is 0 Å². The lowest BCUT2D eigenvalue weighted by Crippen LogP contribution is -2.06. The quantitative estimate of drug-likeness (QED) is 0.871. The fourth-order valence-electron chi connectivity index (χ4n) is 1.70. The molecular weight excluding hydrogens is 237 g/mol. The van der Waals surface area contributed by atoms with Gasteiger partial charge in [-0.2, -0.15) is 0 Å². The van der Waals surface area contributed by atoms with E-state index in [-0.39, 0.29) is 5.82 Å². The third-order valence-electron chi connectivity index (χ3n) is 2.60. The molecule has 0 saturated carbocycles. The molecule has 0 aromatic heterocycles. The van der Waals surface area contributed by atoms with Crippen molar-refractivity contribution < 1.29 is 4.39 Å². The van der Waals surface area contributed by atoms with E-state index in [9.17, 15) is 4.39 Å². The first-order valence-corrected chi connectivity index (χ1v) is 5.77. The molecule has 0 atom stereocenters. The Labute approximate surface area is 105 Å². The molecule has 2 aromatic rings. The Bertz CT molecular complexity index is 508. The molecule has 0 bridgehead atoms. The first-order valence-electron chi connectivity index (χ1n) is 5.39. The Balaban J connectivity index is 2.34. The molecule has 88 valence electrons. The van der Waals surface area contributed by atoms with Crippen molar-refractivity contribution in [2.45, 2.75) is 6.54 Å². The summed E-state index contributed by atoms with van der Waals surface area (Å²) in [5, 5.41) is 3.62. The molecule has 0 heterocycles. The van der Waals surface area contributed by atoms with Gasteiger partial charge in [0.2, 0.25) is 0 Å². The van der Waals surface area contributed by atoms with E-state index in [0.717, 1.165) is 11.1 Å². The molecule has 0 aliphatic heterocycles. The van der Waals surface area contributed by atoms with Crippen LogP contribution in [0.2, 0.25) is 5.02 Å². The van der Waals surface area contributed by atoms with Gasteiger partial charge >= 0.3 is 0 Å².